The van der Waals surface area contributed by atoms with Gasteiger partial charge in [-0.15, -0.1) is 0 Å². The third-order valence-electron chi connectivity index (χ3n) is 16.0. The molecule has 0 aromatic heterocycles. The van der Waals surface area contributed by atoms with Gasteiger partial charge in [-0.1, -0.05) is 304 Å². The lowest BCUT2D eigenvalue weighted by Crippen LogP contribution is -2.30. The Hall–Kier alpha value is -1.94. The van der Waals surface area contributed by atoms with Crippen LogP contribution in [0, 0.1) is 5.92 Å². The van der Waals surface area contributed by atoms with Gasteiger partial charge in [0.25, 0.3) is 0 Å². The molecule has 0 aliphatic rings. The average molecular weight is 1300 g/mol. The Balaban J connectivity index is 5.19. The van der Waals surface area contributed by atoms with Gasteiger partial charge < -0.3 is 33.8 Å². The molecule has 19 heteroatoms. The van der Waals surface area contributed by atoms with Crippen LogP contribution >= 0.6 is 15.6 Å². The lowest BCUT2D eigenvalue weighted by Gasteiger charge is -2.21. The highest BCUT2D eigenvalue weighted by atomic mass is 31.2. The maximum absolute atomic E-state index is 13.0. The van der Waals surface area contributed by atoms with Gasteiger partial charge in [-0.2, -0.15) is 0 Å². The van der Waals surface area contributed by atoms with Crippen LogP contribution in [0.1, 0.15) is 356 Å². The largest absolute Gasteiger partial charge is 0.472 e. The topological polar surface area (TPSA) is 237 Å². The molecule has 88 heavy (non-hydrogen) atoms. The second-order valence-corrected chi connectivity index (χ2v) is 28.3. The number of phosphoric ester groups is 2. The van der Waals surface area contributed by atoms with Gasteiger partial charge in [-0.05, 0) is 31.6 Å². The number of rotatable bonds is 69. The maximum atomic E-state index is 13.0. The van der Waals surface area contributed by atoms with Crippen molar-refractivity contribution in [2.75, 3.05) is 39.6 Å². The molecule has 0 fully saturated rings. The Labute approximate surface area is 537 Å². The first-order valence-electron chi connectivity index (χ1n) is 36.1. The number of carbonyl (C=O) groups is 4. The first kappa shape index (κ1) is 86.1. The van der Waals surface area contributed by atoms with Crippen molar-refractivity contribution in [1.82, 2.24) is 0 Å². The van der Waals surface area contributed by atoms with Crippen LogP contribution in [0.4, 0.5) is 0 Å². The van der Waals surface area contributed by atoms with Gasteiger partial charge in [0.2, 0.25) is 0 Å². The molecule has 3 N–H and O–H groups in total. The summed E-state index contributed by atoms with van der Waals surface area (Å²) in [6, 6.07) is 0. The number of aliphatic hydroxyl groups excluding tert-OH is 1. The standard InChI is InChI=1S/C69H134O17P2/c1-6-9-12-15-18-21-22-29-34-38-43-48-53-67(72)80-59-65(86-69(74)55-50-45-40-35-30-27-25-23-24-26-28-33-36-41-46-51-62(4)5)61-84-88(77,78)82-57-63(70)56-81-87(75,76)83-60-64(85-68(73)54-49-44-39-32-20-17-14-11-8-3)58-79-66(71)52-47-42-37-31-19-16-13-10-7-2/h62-65,70H,6-61H2,1-5H3,(H,75,76)(H,77,78)/t63-,64+,65+/m0/s1. The van der Waals surface area contributed by atoms with Gasteiger partial charge in [0.1, 0.15) is 19.3 Å². The van der Waals surface area contributed by atoms with E-state index in [0.717, 1.165) is 95.8 Å². The van der Waals surface area contributed by atoms with E-state index in [1.165, 1.54) is 180 Å². The lowest BCUT2D eigenvalue weighted by atomic mass is 10.0. The minimum absolute atomic E-state index is 0.106. The molecule has 0 spiro atoms. The monoisotopic (exact) mass is 1300 g/mol. The number of phosphoric acid groups is 2. The van der Waals surface area contributed by atoms with Crippen molar-refractivity contribution in [3.63, 3.8) is 0 Å². The highest BCUT2D eigenvalue weighted by Gasteiger charge is 2.30. The molecule has 0 amide bonds. The van der Waals surface area contributed by atoms with Crippen LogP contribution < -0.4 is 0 Å². The molecular formula is C69H134O17P2. The zero-order valence-corrected chi connectivity index (χ0v) is 58.6. The Morgan fingerprint density at radius 2 is 0.523 bits per heavy atom. The molecule has 0 heterocycles. The first-order valence-corrected chi connectivity index (χ1v) is 39.1. The fourth-order valence-corrected chi connectivity index (χ4v) is 12.0. The zero-order valence-electron chi connectivity index (χ0n) is 56.9. The summed E-state index contributed by atoms with van der Waals surface area (Å²) in [5, 5.41) is 10.6. The number of ether oxygens (including phenoxy) is 4. The molecule has 2 unspecified atom stereocenters. The van der Waals surface area contributed by atoms with Gasteiger partial charge in [0.05, 0.1) is 26.4 Å². The van der Waals surface area contributed by atoms with Crippen LogP contribution in [0.5, 0.6) is 0 Å². The van der Waals surface area contributed by atoms with E-state index in [0.29, 0.717) is 25.7 Å². The van der Waals surface area contributed by atoms with E-state index in [4.69, 9.17) is 37.0 Å². The van der Waals surface area contributed by atoms with Gasteiger partial charge in [-0.3, -0.25) is 37.3 Å². The molecular weight excluding hydrogens is 1160 g/mol. The normalized spacial score (nSPS) is 14.1. The van der Waals surface area contributed by atoms with Gasteiger partial charge in [0.15, 0.2) is 12.2 Å². The summed E-state index contributed by atoms with van der Waals surface area (Å²) in [5.74, 6) is -1.32. The third kappa shape index (κ3) is 62.8. The smallest absolute Gasteiger partial charge is 0.462 e. The fraction of sp³-hybridized carbons (Fsp3) is 0.942. The summed E-state index contributed by atoms with van der Waals surface area (Å²) in [6.45, 7) is 7.23. The van der Waals surface area contributed by atoms with E-state index < -0.39 is 97.5 Å². The summed E-state index contributed by atoms with van der Waals surface area (Å²) < 4.78 is 68.1. The van der Waals surface area contributed by atoms with Gasteiger partial charge in [-0.25, -0.2) is 9.13 Å². The Kier molecular flexibility index (Phi) is 61.1. The predicted octanol–water partition coefficient (Wildman–Crippen LogP) is 19.7. The molecule has 17 nitrogen and oxygen atoms in total. The molecule has 0 aliphatic carbocycles. The Morgan fingerprint density at radius 3 is 0.773 bits per heavy atom. The van der Waals surface area contributed by atoms with E-state index in [9.17, 15) is 43.2 Å². The zero-order chi connectivity index (χ0) is 64.9. The van der Waals surface area contributed by atoms with Crippen molar-refractivity contribution in [1.29, 1.82) is 0 Å². The van der Waals surface area contributed by atoms with Crippen molar-refractivity contribution >= 4 is 39.5 Å². The number of hydrogen-bond donors (Lipinski definition) is 3. The van der Waals surface area contributed by atoms with Crippen molar-refractivity contribution in [2.45, 2.75) is 374 Å². The van der Waals surface area contributed by atoms with Crippen LogP contribution in [0.25, 0.3) is 0 Å². The van der Waals surface area contributed by atoms with E-state index in [1.807, 2.05) is 0 Å². The molecule has 0 radical (unpaired) electrons. The molecule has 0 saturated heterocycles. The van der Waals surface area contributed by atoms with Gasteiger partial charge >= 0.3 is 39.5 Å². The molecule has 0 aliphatic heterocycles. The van der Waals surface area contributed by atoms with E-state index in [-0.39, 0.29) is 25.7 Å². The minimum Gasteiger partial charge on any atom is -0.462 e. The quantitative estimate of drug-likeness (QED) is 0.0222. The summed E-state index contributed by atoms with van der Waals surface area (Å²) in [4.78, 5) is 72.4. The SMILES string of the molecule is CCCCCCCCCCCCCCC(=O)OC[C@H](COP(=O)(O)OC[C@@H](O)COP(=O)(O)OC[C@@H](COC(=O)CCCCCCCCCCC)OC(=O)CCCCCCCCCCC)OC(=O)CCCCCCCCCCCCCCCCCC(C)C. The number of carbonyl (C=O) groups excluding carboxylic acids is 4. The summed E-state index contributed by atoms with van der Waals surface area (Å²) >= 11 is 0. The second-order valence-electron chi connectivity index (χ2n) is 25.4. The van der Waals surface area contributed by atoms with Crippen molar-refractivity contribution in [3.05, 3.63) is 0 Å². The highest BCUT2D eigenvalue weighted by molar-refractivity contribution is 7.47. The number of aliphatic hydroxyl groups is 1. The molecule has 5 atom stereocenters. The minimum atomic E-state index is -4.95. The molecule has 0 saturated carbocycles. The Morgan fingerprint density at radius 1 is 0.307 bits per heavy atom. The molecule has 0 bridgehead atoms. The van der Waals surface area contributed by atoms with Crippen LogP contribution in [0.15, 0.2) is 0 Å². The molecule has 0 aromatic rings. The predicted molar refractivity (Wildman–Crippen MR) is 354 cm³/mol. The van der Waals surface area contributed by atoms with Crippen LogP contribution in [0.2, 0.25) is 0 Å². The maximum Gasteiger partial charge on any atom is 0.472 e. The molecule has 522 valence electrons. The Bertz CT molecular complexity index is 1700. The first-order chi connectivity index (χ1) is 42.5. The van der Waals surface area contributed by atoms with Crippen molar-refractivity contribution < 1.29 is 80.2 Å². The molecule has 0 rings (SSSR count). The summed E-state index contributed by atoms with van der Waals surface area (Å²) in [7, 11) is -9.89. The summed E-state index contributed by atoms with van der Waals surface area (Å²) in [5.41, 5.74) is 0. The number of unbranched alkanes of at least 4 members (excludes halogenated alkanes) is 41. The van der Waals surface area contributed by atoms with Gasteiger partial charge in [0, 0.05) is 25.7 Å². The van der Waals surface area contributed by atoms with Crippen LogP contribution in [-0.4, -0.2) is 96.7 Å². The molecule has 0 aromatic carbocycles. The third-order valence-corrected chi connectivity index (χ3v) is 17.9. The van der Waals surface area contributed by atoms with E-state index >= 15 is 0 Å². The van der Waals surface area contributed by atoms with Crippen LogP contribution in [0.3, 0.4) is 0 Å². The number of esters is 4. The fourth-order valence-electron chi connectivity index (χ4n) is 10.5. The second kappa shape index (κ2) is 62.5. The van der Waals surface area contributed by atoms with Crippen LogP contribution in [-0.2, 0) is 65.4 Å². The summed E-state index contributed by atoms with van der Waals surface area (Å²) in [6.07, 6.45) is 48.5. The van der Waals surface area contributed by atoms with E-state index in [2.05, 4.69) is 34.6 Å². The van der Waals surface area contributed by atoms with Crippen molar-refractivity contribution in [2.24, 2.45) is 5.92 Å². The van der Waals surface area contributed by atoms with Crippen molar-refractivity contribution in [3.8, 4) is 0 Å². The number of hydrogen-bond acceptors (Lipinski definition) is 15. The van der Waals surface area contributed by atoms with E-state index in [1.54, 1.807) is 0 Å². The average Bonchev–Trinajstić information content (AvgIpc) is 3.53. The highest BCUT2D eigenvalue weighted by Crippen LogP contribution is 2.45. The lowest BCUT2D eigenvalue weighted by molar-refractivity contribution is -0.161.